The van der Waals surface area contributed by atoms with Crippen LogP contribution in [0.5, 0.6) is 5.75 Å². The summed E-state index contributed by atoms with van der Waals surface area (Å²) in [6, 6.07) is 9.53. The van der Waals surface area contributed by atoms with Gasteiger partial charge in [-0.3, -0.25) is 4.79 Å². The molecule has 1 aromatic carbocycles. The number of rotatable bonds is 7. The Bertz CT molecular complexity index is 398. The number of hydrogen-bond donors (Lipinski definition) is 2. The van der Waals surface area contributed by atoms with Crippen LogP contribution in [-0.2, 0) is 4.79 Å². The van der Waals surface area contributed by atoms with E-state index in [4.69, 9.17) is 4.74 Å². The number of benzene rings is 1. The van der Waals surface area contributed by atoms with Gasteiger partial charge < -0.3 is 15.2 Å². The normalized spacial score (nSPS) is 12.8. The van der Waals surface area contributed by atoms with E-state index in [1.54, 1.807) is 0 Å². The number of carbonyl (C=O) groups excluding carboxylic acids is 1. The van der Waals surface area contributed by atoms with E-state index in [-0.39, 0.29) is 11.3 Å². The second kappa shape index (κ2) is 7.90. The molecule has 1 amide bonds. The summed E-state index contributed by atoms with van der Waals surface area (Å²) in [6.07, 6.45) is 0.530. The summed E-state index contributed by atoms with van der Waals surface area (Å²) in [6.45, 7) is 6.63. The van der Waals surface area contributed by atoms with Gasteiger partial charge >= 0.3 is 0 Å². The number of aliphatic hydroxyl groups excluding tert-OH is 1. The topological polar surface area (TPSA) is 58.6 Å². The van der Waals surface area contributed by atoms with Gasteiger partial charge in [0.1, 0.15) is 5.75 Å². The fourth-order valence-corrected chi connectivity index (χ4v) is 1.54. The van der Waals surface area contributed by atoms with Crippen molar-refractivity contribution in [1.29, 1.82) is 0 Å². The monoisotopic (exact) mass is 279 g/mol. The Labute approximate surface area is 121 Å². The Kier molecular flexibility index (Phi) is 6.52. The lowest BCUT2D eigenvalue weighted by Crippen LogP contribution is -2.39. The fourth-order valence-electron chi connectivity index (χ4n) is 1.54. The van der Waals surface area contributed by atoms with Gasteiger partial charge in [-0.15, -0.1) is 0 Å². The molecule has 0 aliphatic rings. The third kappa shape index (κ3) is 6.57. The van der Waals surface area contributed by atoms with E-state index in [0.29, 0.717) is 26.0 Å². The highest BCUT2D eigenvalue weighted by atomic mass is 16.5. The smallest absolute Gasteiger partial charge is 0.220 e. The number of ether oxygens (including phenoxy) is 1. The number of aliphatic hydroxyl groups is 1. The van der Waals surface area contributed by atoms with Crippen molar-refractivity contribution >= 4 is 5.91 Å². The first-order valence-electron chi connectivity index (χ1n) is 7.02. The highest BCUT2D eigenvalue weighted by Crippen LogP contribution is 2.18. The van der Waals surface area contributed by atoms with Gasteiger partial charge in [0.05, 0.1) is 12.7 Å². The van der Waals surface area contributed by atoms with Crippen LogP contribution in [-0.4, -0.2) is 30.3 Å². The maximum absolute atomic E-state index is 11.6. The predicted molar refractivity (Wildman–Crippen MR) is 79.6 cm³/mol. The van der Waals surface area contributed by atoms with Crippen LogP contribution in [0.1, 0.15) is 33.6 Å². The summed E-state index contributed by atoms with van der Waals surface area (Å²) >= 11 is 0. The summed E-state index contributed by atoms with van der Waals surface area (Å²) in [5, 5.41) is 12.6. The van der Waals surface area contributed by atoms with Crippen LogP contribution in [0.4, 0.5) is 0 Å². The standard InChI is InChI=1S/C16H25NO3/c1-16(2,3)14(18)12-17-15(19)10-7-11-20-13-8-5-4-6-9-13/h4-6,8-9,14,18H,7,10-12H2,1-3H3,(H,17,19). The minimum absolute atomic E-state index is 0.0510. The van der Waals surface area contributed by atoms with Gasteiger partial charge in [-0.05, 0) is 24.0 Å². The van der Waals surface area contributed by atoms with Crippen LogP contribution < -0.4 is 10.1 Å². The van der Waals surface area contributed by atoms with Gasteiger partial charge in [-0.1, -0.05) is 39.0 Å². The third-order valence-corrected chi connectivity index (χ3v) is 3.05. The van der Waals surface area contributed by atoms with Crippen molar-refractivity contribution in [2.24, 2.45) is 5.41 Å². The first kappa shape index (κ1) is 16.5. The first-order valence-corrected chi connectivity index (χ1v) is 7.02. The Morgan fingerprint density at radius 2 is 1.95 bits per heavy atom. The van der Waals surface area contributed by atoms with Crippen LogP contribution >= 0.6 is 0 Å². The predicted octanol–water partition coefficient (Wildman–Crippen LogP) is 2.37. The Morgan fingerprint density at radius 1 is 1.30 bits per heavy atom. The molecule has 0 aromatic heterocycles. The van der Waals surface area contributed by atoms with E-state index >= 15 is 0 Å². The van der Waals surface area contributed by atoms with Gasteiger partial charge in [-0.25, -0.2) is 0 Å². The van der Waals surface area contributed by atoms with Crippen LogP contribution in [0.2, 0.25) is 0 Å². The summed E-state index contributed by atoms with van der Waals surface area (Å²) < 4.78 is 5.51. The molecule has 4 nitrogen and oxygen atoms in total. The summed E-state index contributed by atoms with van der Waals surface area (Å²) in [4.78, 5) is 11.6. The van der Waals surface area contributed by atoms with Crippen LogP contribution in [0, 0.1) is 5.41 Å². The van der Waals surface area contributed by atoms with Crippen molar-refractivity contribution in [1.82, 2.24) is 5.32 Å². The maximum Gasteiger partial charge on any atom is 0.220 e. The molecular formula is C16H25NO3. The highest BCUT2D eigenvalue weighted by molar-refractivity contribution is 5.75. The molecule has 4 heteroatoms. The Hall–Kier alpha value is -1.55. The van der Waals surface area contributed by atoms with E-state index in [2.05, 4.69) is 5.32 Å². The highest BCUT2D eigenvalue weighted by Gasteiger charge is 2.22. The lowest BCUT2D eigenvalue weighted by molar-refractivity contribution is -0.122. The van der Waals surface area contributed by atoms with Gasteiger partial charge in [0.25, 0.3) is 0 Å². The third-order valence-electron chi connectivity index (χ3n) is 3.05. The molecule has 0 aliphatic heterocycles. The van der Waals surface area contributed by atoms with Crippen molar-refractivity contribution in [2.45, 2.75) is 39.7 Å². The zero-order valence-electron chi connectivity index (χ0n) is 12.6. The molecule has 0 radical (unpaired) electrons. The first-order chi connectivity index (χ1) is 9.39. The minimum Gasteiger partial charge on any atom is -0.494 e. The lowest BCUT2D eigenvalue weighted by Gasteiger charge is -2.25. The molecule has 0 bridgehead atoms. The number of hydrogen-bond acceptors (Lipinski definition) is 3. The molecule has 1 unspecified atom stereocenters. The quantitative estimate of drug-likeness (QED) is 0.753. The lowest BCUT2D eigenvalue weighted by atomic mass is 9.89. The summed E-state index contributed by atoms with van der Waals surface area (Å²) in [7, 11) is 0. The number of carbonyl (C=O) groups is 1. The average Bonchev–Trinajstić information content (AvgIpc) is 2.41. The molecule has 0 aliphatic carbocycles. The van der Waals surface area contributed by atoms with Crippen molar-refractivity contribution in [2.75, 3.05) is 13.2 Å². The largest absolute Gasteiger partial charge is 0.494 e. The molecule has 0 spiro atoms. The molecule has 1 atom stereocenters. The van der Waals surface area contributed by atoms with E-state index in [0.717, 1.165) is 5.75 Å². The molecule has 0 saturated heterocycles. The van der Waals surface area contributed by atoms with E-state index in [9.17, 15) is 9.90 Å². The van der Waals surface area contributed by atoms with Crippen molar-refractivity contribution in [3.8, 4) is 5.75 Å². The molecule has 0 heterocycles. The summed E-state index contributed by atoms with van der Waals surface area (Å²) in [5.74, 6) is 0.765. The van der Waals surface area contributed by atoms with Gasteiger partial charge in [0.2, 0.25) is 5.91 Å². The van der Waals surface area contributed by atoms with Crippen LogP contribution in [0.3, 0.4) is 0 Å². The number of amides is 1. The Morgan fingerprint density at radius 3 is 2.55 bits per heavy atom. The zero-order valence-corrected chi connectivity index (χ0v) is 12.6. The van der Waals surface area contributed by atoms with Crippen molar-refractivity contribution in [3.63, 3.8) is 0 Å². The van der Waals surface area contributed by atoms with Crippen LogP contribution in [0.15, 0.2) is 30.3 Å². The van der Waals surface area contributed by atoms with E-state index < -0.39 is 6.10 Å². The molecule has 0 fully saturated rings. The second-order valence-corrected chi connectivity index (χ2v) is 5.95. The van der Waals surface area contributed by atoms with Gasteiger partial charge in [-0.2, -0.15) is 0 Å². The van der Waals surface area contributed by atoms with Gasteiger partial charge in [0.15, 0.2) is 0 Å². The average molecular weight is 279 g/mol. The van der Waals surface area contributed by atoms with Crippen LogP contribution in [0.25, 0.3) is 0 Å². The molecule has 1 aromatic rings. The zero-order chi connectivity index (χ0) is 15.0. The summed E-state index contributed by atoms with van der Waals surface area (Å²) in [5.41, 5.74) is -0.219. The minimum atomic E-state index is -0.535. The molecule has 1 rings (SSSR count). The molecule has 0 saturated carbocycles. The molecular weight excluding hydrogens is 254 g/mol. The van der Waals surface area contributed by atoms with E-state index in [1.165, 1.54) is 0 Å². The molecule has 112 valence electrons. The van der Waals surface area contributed by atoms with Crippen molar-refractivity contribution < 1.29 is 14.6 Å². The van der Waals surface area contributed by atoms with E-state index in [1.807, 2.05) is 51.1 Å². The Balaban J connectivity index is 2.12. The fraction of sp³-hybridized carbons (Fsp3) is 0.562. The SMILES string of the molecule is CC(C)(C)C(O)CNC(=O)CCCOc1ccccc1. The molecule has 20 heavy (non-hydrogen) atoms. The number of para-hydroxylation sites is 1. The molecule has 2 N–H and O–H groups in total. The maximum atomic E-state index is 11.6. The van der Waals surface area contributed by atoms with Crippen molar-refractivity contribution in [3.05, 3.63) is 30.3 Å². The number of nitrogens with one attached hydrogen (secondary N) is 1. The van der Waals surface area contributed by atoms with Gasteiger partial charge in [0, 0.05) is 13.0 Å². The second-order valence-electron chi connectivity index (χ2n) is 5.95.